The number of carbonyl (C=O) groups excluding carboxylic acids is 2. The summed E-state index contributed by atoms with van der Waals surface area (Å²) in [5, 5.41) is 7.93. The number of halogens is 3. The summed E-state index contributed by atoms with van der Waals surface area (Å²) in [6, 6.07) is 4.55. The zero-order valence-corrected chi connectivity index (χ0v) is 16.6. The van der Waals surface area contributed by atoms with Crippen LogP contribution in [0.15, 0.2) is 29.6 Å². The van der Waals surface area contributed by atoms with Crippen LogP contribution in [0.2, 0.25) is 0 Å². The molecular formula is C19H21F3N4O2S. The van der Waals surface area contributed by atoms with Crippen molar-refractivity contribution in [2.45, 2.75) is 32.0 Å². The topological polar surface area (TPSA) is 74.3 Å². The van der Waals surface area contributed by atoms with E-state index in [1.54, 1.807) is 10.3 Å². The van der Waals surface area contributed by atoms with Crippen molar-refractivity contribution in [3.63, 3.8) is 0 Å². The van der Waals surface area contributed by atoms with Crippen LogP contribution in [0.4, 0.5) is 18.0 Å². The molecule has 1 aromatic heterocycles. The molecule has 1 saturated heterocycles. The number of likely N-dealkylation sites (tertiary alicyclic amines) is 1. The Balaban J connectivity index is 1.54. The maximum Gasteiger partial charge on any atom is 0.416 e. The van der Waals surface area contributed by atoms with Crippen LogP contribution in [0.1, 0.15) is 24.6 Å². The van der Waals surface area contributed by atoms with E-state index in [2.05, 4.69) is 15.6 Å². The maximum atomic E-state index is 12.7. The number of urea groups is 1. The highest BCUT2D eigenvalue weighted by molar-refractivity contribution is 7.13. The number of carbonyl (C=O) groups is 2. The van der Waals surface area contributed by atoms with Gasteiger partial charge in [-0.1, -0.05) is 12.1 Å². The summed E-state index contributed by atoms with van der Waals surface area (Å²) >= 11 is 1.28. The Hall–Kier alpha value is -2.62. The molecule has 2 N–H and O–H groups in total. The molecule has 10 heteroatoms. The van der Waals surface area contributed by atoms with Gasteiger partial charge in [0.1, 0.15) is 5.01 Å². The van der Waals surface area contributed by atoms with Gasteiger partial charge in [-0.3, -0.25) is 4.79 Å². The molecule has 0 radical (unpaired) electrons. The Morgan fingerprint density at radius 1 is 1.28 bits per heavy atom. The second-order valence-electron chi connectivity index (χ2n) is 6.73. The molecule has 1 atom stereocenters. The van der Waals surface area contributed by atoms with Gasteiger partial charge < -0.3 is 15.5 Å². The number of amides is 3. The van der Waals surface area contributed by atoms with Crippen LogP contribution in [0.5, 0.6) is 0 Å². The molecule has 0 saturated carbocycles. The van der Waals surface area contributed by atoms with Crippen molar-refractivity contribution in [2.75, 3.05) is 19.6 Å². The lowest BCUT2D eigenvalue weighted by molar-refractivity contribution is -0.137. The first-order valence-electron chi connectivity index (χ1n) is 9.20. The number of alkyl halides is 3. The number of thiazole rings is 1. The molecule has 2 heterocycles. The quantitative estimate of drug-likeness (QED) is 0.771. The van der Waals surface area contributed by atoms with Gasteiger partial charge in [-0.2, -0.15) is 13.2 Å². The third kappa shape index (κ3) is 5.47. The van der Waals surface area contributed by atoms with E-state index in [0.29, 0.717) is 42.3 Å². The summed E-state index contributed by atoms with van der Waals surface area (Å²) in [7, 11) is 0. The first-order chi connectivity index (χ1) is 13.8. The smallest absolute Gasteiger partial charge is 0.351 e. The molecule has 1 fully saturated rings. The van der Waals surface area contributed by atoms with Crippen LogP contribution >= 0.6 is 11.3 Å². The van der Waals surface area contributed by atoms with Crippen LogP contribution in [-0.4, -0.2) is 47.5 Å². The maximum absolute atomic E-state index is 12.7. The summed E-state index contributed by atoms with van der Waals surface area (Å²) in [6.45, 7) is 3.45. The van der Waals surface area contributed by atoms with Crippen LogP contribution in [-0.2, 0) is 17.4 Å². The Kier molecular flexibility index (Phi) is 6.41. The molecule has 156 valence electrons. The van der Waals surface area contributed by atoms with Gasteiger partial charge in [0.25, 0.3) is 0 Å². The zero-order valence-electron chi connectivity index (χ0n) is 15.8. The average Bonchev–Trinajstić information content (AvgIpc) is 3.31. The first kappa shape index (κ1) is 21.1. The van der Waals surface area contributed by atoms with Crippen molar-refractivity contribution in [1.29, 1.82) is 0 Å². The van der Waals surface area contributed by atoms with Gasteiger partial charge in [0, 0.05) is 36.6 Å². The molecule has 1 aromatic carbocycles. The minimum absolute atomic E-state index is 0.0782. The Morgan fingerprint density at radius 3 is 2.66 bits per heavy atom. The largest absolute Gasteiger partial charge is 0.416 e. The predicted octanol–water partition coefficient (Wildman–Crippen LogP) is 3.29. The highest BCUT2D eigenvalue weighted by atomic mass is 32.1. The van der Waals surface area contributed by atoms with Gasteiger partial charge in [0.2, 0.25) is 5.91 Å². The van der Waals surface area contributed by atoms with Gasteiger partial charge in [-0.15, -0.1) is 11.3 Å². The van der Waals surface area contributed by atoms with Crippen LogP contribution in [0.3, 0.4) is 0 Å². The van der Waals surface area contributed by atoms with Crippen molar-refractivity contribution in [2.24, 2.45) is 0 Å². The number of nitrogens with zero attached hydrogens (tertiary/aromatic N) is 2. The molecule has 3 rings (SSSR count). The molecule has 1 aliphatic rings. The van der Waals surface area contributed by atoms with Crippen molar-refractivity contribution >= 4 is 23.3 Å². The Labute approximate surface area is 170 Å². The lowest BCUT2D eigenvalue weighted by Gasteiger charge is -2.17. The second kappa shape index (κ2) is 8.81. The highest BCUT2D eigenvalue weighted by Gasteiger charge is 2.30. The molecular weight excluding hydrogens is 405 g/mol. The van der Waals surface area contributed by atoms with E-state index in [4.69, 9.17) is 0 Å². The van der Waals surface area contributed by atoms with E-state index in [0.717, 1.165) is 12.1 Å². The van der Waals surface area contributed by atoms with E-state index in [9.17, 15) is 22.8 Å². The fourth-order valence-corrected chi connectivity index (χ4v) is 3.92. The standard InChI is InChI=1S/C19H21F3N4O2S/c1-2-23-18(28)26-8-7-14(10-26)24-16(27)9-15-11-29-17(25-15)12-3-5-13(6-4-12)19(20,21)22/h3-6,11,14H,2,7-10H2,1H3,(H,23,28)(H,24,27)/t14-/m0/s1. The highest BCUT2D eigenvalue weighted by Crippen LogP contribution is 2.31. The first-order valence-corrected chi connectivity index (χ1v) is 10.1. The van der Waals surface area contributed by atoms with E-state index in [1.165, 1.54) is 23.5 Å². The summed E-state index contributed by atoms with van der Waals surface area (Å²) in [6.07, 6.45) is -3.61. The number of benzene rings is 1. The summed E-state index contributed by atoms with van der Waals surface area (Å²) in [5.41, 5.74) is 0.416. The Bertz CT molecular complexity index is 867. The van der Waals surface area contributed by atoms with E-state index < -0.39 is 11.7 Å². The molecule has 0 aliphatic carbocycles. The minimum Gasteiger partial charge on any atom is -0.351 e. The van der Waals surface area contributed by atoms with Gasteiger partial charge in [-0.25, -0.2) is 9.78 Å². The number of aromatic nitrogens is 1. The third-order valence-electron chi connectivity index (χ3n) is 4.52. The van der Waals surface area contributed by atoms with Crippen LogP contribution in [0.25, 0.3) is 10.6 Å². The van der Waals surface area contributed by atoms with Crippen molar-refractivity contribution < 1.29 is 22.8 Å². The van der Waals surface area contributed by atoms with Gasteiger partial charge in [-0.05, 0) is 25.5 Å². The van der Waals surface area contributed by atoms with Crippen molar-refractivity contribution in [3.05, 3.63) is 40.9 Å². The molecule has 1 aliphatic heterocycles. The SMILES string of the molecule is CCNC(=O)N1CC[C@H](NC(=O)Cc2csc(-c3ccc(C(F)(F)F)cc3)n2)C1. The molecule has 0 spiro atoms. The lowest BCUT2D eigenvalue weighted by Crippen LogP contribution is -2.42. The summed E-state index contributed by atoms with van der Waals surface area (Å²) in [5.74, 6) is -0.197. The molecule has 0 unspecified atom stereocenters. The van der Waals surface area contributed by atoms with Gasteiger partial charge >= 0.3 is 12.2 Å². The van der Waals surface area contributed by atoms with Gasteiger partial charge in [0.05, 0.1) is 17.7 Å². The lowest BCUT2D eigenvalue weighted by atomic mass is 10.1. The third-order valence-corrected chi connectivity index (χ3v) is 5.46. The zero-order chi connectivity index (χ0) is 21.0. The van der Waals surface area contributed by atoms with Gasteiger partial charge in [0.15, 0.2) is 0 Å². The normalized spacial score (nSPS) is 16.7. The molecule has 3 amide bonds. The number of hydrogen-bond acceptors (Lipinski definition) is 4. The number of nitrogens with one attached hydrogen (secondary N) is 2. The van der Waals surface area contributed by atoms with Crippen molar-refractivity contribution in [3.8, 4) is 10.6 Å². The van der Waals surface area contributed by atoms with Crippen molar-refractivity contribution in [1.82, 2.24) is 20.5 Å². The average molecular weight is 426 g/mol. The number of hydrogen-bond donors (Lipinski definition) is 2. The van der Waals surface area contributed by atoms with Crippen LogP contribution in [0, 0.1) is 0 Å². The Morgan fingerprint density at radius 2 is 2.00 bits per heavy atom. The summed E-state index contributed by atoms with van der Waals surface area (Å²) in [4.78, 5) is 30.1. The fourth-order valence-electron chi connectivity index (χ4n) is 3.09. The molecule has 2 aromatic rings. The second-order valence-corrected chi connectivity index (χ2v) is 7.59. The fraction of sp³-hybridized carbons (Fsp3) is 0.421. The number of rotatable bonds is 5. The monoisotopic (exact) mass is 426 g/mol. The van der Waals surface area contributed by atoms with E-state index >= 15 is 0 Å². The predicted molar refractivity (Wildman–Crippen MR) is 103 cm³/mol. The molecule has 0 bridgehead atoms. The summed E-state index contributed by atoms with van der Waals surface area (Å²) < 4.78 is 38.0. The van der Waals surface area contributed by atoms with E-state index in [1.807, 2.05) is 6.92 Å². The molecule has 29 heavy (non-hydrogen) atoms. The van der Waals surface area contributed by atoms with Crippen LogP contribution < -0.4 is 10.6 Å². The molecule has 6 nitrogen and oxygen atoms in total. The van der Waals surface area contributed by atoms with E-state index in [-0.39, 0.29) is 24.4 Å². The minimum atomic E-state index is -4.38.